The Bertz CT molecular complexity index is 546. The molecule has 1 heterocycles. The summed E-state index contributed by atoms with van der Waals surface area (Å²) in [5.41, 5.74) is 0.708. The van der Waals surface area contributed by atoms with Gasteiger partial charge in [-0.05, 0) is 23.8 Å². The highest BCUT2D eigenvalue weighted by Gasteiger charge is 2.16. The molecule has 2 rings (SSSR count). The fraction of sp³-hybridized carbons (Fsp3) is 0.231. The van der Waals surface area contributed by atoms with Crippen LogP contribution in [0.4, 0.5) is 0 Å². The quantitative estimate of drug-likeness (QED) is 0.654. The van der Waals surface area contributed by atoms with Crippen LogP contribution in [-0.4, -0.2) is 30.9 Å². The number of esters is 1. The largest absolute Gasteiger partial charge is 0.481 e. The lowest BCUT2D eigenvalue weighted by molar-refractivity contribution is -0.141. The summed E-state index contributed by atoms with van der Waals surface area (Å²) in [6.07, 6.45) is 1.06. The van der Waals surface area contributed by atoms with Gasteiger partial charge in [0.15, 0.2) is 11.5 Å². The second-order valence-electron chi connectivity index (χ2n) is 3.84. The van der Waals surface area contributed by atoms with Crippen LogP contribution >= 0.6 is 0 Å². The van der Waals surface area contributed by atoms with Crippen molar-refractivity contribution in [1.29, 1.82) is 0 Å². The van der Waals surface area contributed by atoms with Crippen molar-refractivity contribution in [3.8, 4) is 11.5 Å². The molecule has 100 valence electrons. The fourth-order valence-corrected chi connectivity index (χ4v) is 1.68. The Morgan fingerprint density at radius 3 is 2.79 bits per heavy atom. The van der Waals surface area contributed by atoms with Gasteiger partial charge < -0.3 is 19.3 Å². The number of rotatable bonds is 4. The Hall–Kier alpha value is -2.50. The van der Waals surface area contributed by atoms with Crippen LogP contribution in [0.5, 0.6) is 11.5 Å². The summed E-state index contributed by atoms with van der Waals surface area (Å²) in [6, 6.07) is 5.08. The highest BCUT2D eigenvalue weighted by Crippen LogP contribution is 2.33. The van der Waals surface area contributed by atoms with Crippen LogP contribution in [0.2, 0.25) is 0 Å². The minimum atomic E-state index is -1.10. The van der Waals surface area contributed by atoms with Gasteiger partial charge >= 0.3 is 11.9 Å². The van der Waals surface area contributed by atoms with Crippen molar-refractivity contribution in [2.24, 2.45) is 0 Å². The number of methoxy groups -OCH3 is 1. The highest BCUT2D eigenvalue weighted by molar-refractivity contribution is 5.97. The lowest BCUT2D eigenvalue weighted by atomic mass is 10.1. The molecule has 6 nitrogen and oxygen atoms in total. The molecule has 0 atom stereocenters. The van der Waals surface area contributed by atoms with Gasteiger partial charge in [0.25, 0.3) is 0 Å². The van der Waals surface area contributed by atoms with E-state index in [0.717, 1.165) is 0 Å². The van der Waals surface area contributed by atoms with Crippen molar-refractivity contribution in [1.82, 2.24) is 0 Å². The lowest BCUT2D eigenvalue weighted by Crippen LogP contribution is -2.09. The summed E-state index contributed by atoms with van der Waals surface area (Å²) in [5, 5.41) is 8.77. The number of carboxylic acid groups (broad SMARTS) is 1. The maximum absolute atomic E-state index is 11.5. The van der Waals surface area contributed by atoms with E-state index in [4.69, 9.17) is 14.6 Å². The summed E-state index contributed by atoms with van der Waals surface area (Å²) in [5.74, 6) is -0.583. The third kappa shape index (κ3) is 3.04. The van der Waals surface area contributed by atoms with Crippen LogP contribution in [0.1, 0.15) is 12.0 Å². The molecule has 0 saturated carbocycles. The summed E-state index contributed by atoms with van der Waals surface area (Å²) >= 11 is 0. The molecule has 0 amide bonds. The van der Waals surface area contributed by atoms with Crippen LogP contribution in [0.15, 0.2) is 23.8 Å². The summed E-state index contributed by atoms with van der Waals surface area (Å²) in [7, 11) is 1.21. The van der Waals surface area contributed by atoms with Crippen LogP contribution in [0.25, 0.3) is 6.08 Å². The minimum Gasteiger partial charge on any atom is -0.481 e. The number of ether oxygens (including phenoxy) is 3. The van der Waals surface area contributed by atoms with Crippen molar-refractivity contribution in [2.45, 2.75) is 6.42 Å². The molecule has 0 unspecified atom stereocenters. The van der Waals surface area contributed by atoms with Crippen molar-refractivity contribution in [2.75, 3.05) is 13.9 Å². The van der Waals surface area contributed by atoms with E-state index in [2.05, 4.69) is 4.74 Å². The van der Waals surface area contributed by atoms with E-state index >= 15 is 0 Å². The second kappa shape index (κ2) is 5.43. The molecule has 1 aromatic rings. The molecule has 0 saturated heterocycles. The number of carbonyl (C=O) groups excluding carboxylic acids is 1. The molecule has 1 aliphatic heterocycles. The van der Waals surface area contributed by atoms with E-state index < -0.39 is 18.4 Å². The molecule has 19 heavy (non-hydrogen) atoms. The van der Waals surface area contributed by atoms with Crippen molar-refractivity contribution in [3.63, 3.8) is 0 Å². The zero-order valence-corrected chi connectivity index (χ0v) is 10.2. The summed E-state index contributed by atoms with van der Waals surface area (Å²) in [6.45, 7) is 0.154. The molecule has 0 aromatic heterocycles. The molecule has 0 fully saturated rings. The van der Waals surface area contributed by atoms with Crippen LogP contribution in [-0.2, 0) is 14.3 Å². The standard InChI is InChI=1S/C13H12O6/c1-17-13(16)9(6-12(14)15)4-8-2-3-10-11(5-8)19-7-18-10/h2-5H,6-7H2,1H3,(H,14,15). The van der Waals surface area contributed by atoms with Gasteiger partial charge in [0.1, 0.15) is 0 Å². The average Bonchev–Trinajstić information content (AvgIpc) is 2.84. The molecule has 0 aliphatic carbocycles. The smallest absolute Gasteiger partial charge is 0.334 e. The molecule has 0 spiro atoms. The van der Waals surface area contributed by atoms with Gasteiger partial charge in [-0.1, -0.05) is 6.07 Å². The zero-order valence-electron chi connectivity index (χ0n) is 10.2. The third-order valence-corrected chi connectivity index (χ3v) is 2.53. The van der Waals surface area contributed by atoms with Crippen molar-refractivity contribution >= 4 is 18.0 Å². The summed E-state index contributed by atoms with van der Waals surface area (Å²) in [4.78, 5) is 22.2. The Kier molecular flexibility index (Phi) is 3.70. The lowest BCUT2D eigenvalue weighted by Gasteiger charge is -2.03. The van der Waals surface area contributed by atoms with Crippen LogP contribution in [0.3, 0.4) is 0 Å². The fourth-order valence-electron chi connectivity index (χ4n) is 1.68. The SMILES string of the molecule is COC(=O)C(=Cc1ccc2c(c1)OCO2)CC(=O)O. The highest BCUT2D eigenvalue weighted by atomic mass is 16.7. The Labute approximate surface area is 109 Å². The molecule has 0 radical (unpaired) electrons. The maximum Gasteiger partial charge on any atom is 0.334 e. The first-order valence-corrected chi connectivity index (χ1v) is 5.50. The first-order chi connectivity index (χ1) is 9.10. The maximum atomic E-state index is 11.5. The predicted octanol–water partition coefficient (Wildman–Crippen LogP) is 1.45. The van der Waals surface area contributed by atoms with Gasteiger partial charge in [-0.15, -0.1) is 0 Å². The van der Waals surface area contributed by atoms with E-state index in [9.17, 15) is 9.59 Å². The number of fused-ring (bicyclic) bond motifs is 1. The van der Waals surface area contributed by atoms with E-state index in [0.29, 0.717) is 17.1 Å². The van der Waals surface area contributed by atoms with E-state index in [1.54, 1.807) is 18.2 Å². The van der Waals surface area contributed by atoms with Crippen LogP contribution < -0.4 is 9.47 Å². The number of aliphatic carboxylic acids is 1. The minimum absolute atomic E-state index is 0.0638. The van der Waals surface area contributed by atoms with Crippen molar-refractivity contribution < 1.29 is 28.9 Å². The van der Waals surface area contributed by atoms with Gasteiger partial charge in [-0.25, -0.2) is 4.79 Å². The Balaban J connectivity index is 2.29. The first-order valence-electron chi connectivity index (χ1n) is 5.50. The second-order valence-corrected chi connectivity index (χ2v) is 3.84. The van der Waals surface area contributed by atoms with Gasteiger partial charge in [0, 0.05) is 5.57 Å². The number of hydrogen-bond donors (Lipinski definition) is 1. The predicted molar refractivity (Wildman–Crippen MR) is 64.8 cm³/mol. The molecule has 1 aromatic carbocycles. The normalized spacial score (nSPS) is 13.2. The number of benzene rings is 1. The third-order valence-electron chi connectivity index (χ3n) is 2.53. The topological polar surface area (TPSA) is 82.1 Å². The van der Waals surface area contributed by atoms with Gasteiger partial charge in [-0.2, -0.15) is 0 Å². The molecule has 1 N–H and O–H groups in total. The van der Waals surface area contributed by atoms with E-state index in [1.165, 1.54) is 13.2 Å². The zero-order chi connectivity index (χ0) is 13.8. The molecular weight excluding hydrogens is 252 g/mol. The van der Waals surface area contributed by atoms with E-state index in [1.807, 2.05) is 0 Å². The molecular formula is C13H12O6. The van der Waals surface area contributed by atoms with Gasteiger partial charge in [0.2, 0.25) is 6.79 Å². The van der Waals surface area contributed by atoms with Crippen LogP contribution in [0, 0.1) is 0 Å². The first kappa shape index (κ1) is 12.9. The Morgan fingerprint density at radius 1 is 1.37 bits per heavy atom. The Morgan fingerprint density at radius 2 is 2.11 bits per heavy atom. The number of carbonyl (C=O) groups is 2. The van der Waals surface area contributed by atoms with Gasteiger partial charge in [-0.3, -0.25) is 4.79 Å². The monoisotopic (exact) mass is 264 g/mol. The number of hydrogen-bond acceptors (Lipinski definition) is 5. The number of carboxylic acids is 1. The van der Waals surface area contributed by atoms with Crippen molar-refractivity contribution in [3.05, 3.63) is 29.3 Å². The van der Waals surface area contributed by atoms with Gasteiger partial charge in [0.05, 0.1) is 13.5 Å². The molecule has 1 aliphatic rings. The summed E-state index contributed by atoms with van der Waals surface area (Å²) < 4.78 is 14.9. The molecule has 0 bridgehead atoms. The van der Waals surface area contributed by atoms with E-state index in [-0.39, 0.29) is 12.4 Å². The average molecular weight is 264 g/mol. The molecule has 6 heteroatoms.